The van der Waals surface area contributed by atoms with Crippen LogP contribution < -0.4 is 10.5 Å². The second kappa shape index (κ2) is 7.37. The number of guanidine groups is 1. The highest BCUT2D eigenvalue weighted by atomic mass is 79.9. The first kappa shape index (κ1) is 19.5. The van der Waals surface area contributed by atoms with E-state index >= 15 is 0 Å². The van der Waals surface area contributed by atoms with Gasteiger partial charge in [0.1, 0.15) is 11.9 Å². The molecule has 0 radical (unpaired) electrons. The van der Waals surface area contributed by atoms with Gasteiger partial charge in [-0.1, -0.05) is 36.7 Å². The molecule has 0 aromatic heterocycles. The number of halogens is 1. The number of nitrogens with two attached hydrogens (primary N) is 1. The van der Waals surface area contributed by atoms with Crippen LogP contribution in [0.15, 0.2) is 27.7 Å². The molecule has 144 valence electrons. The molecule has 1 aromatic carbocycles. The van der Waals surface area contributed by atoms with Crippen LogP contribution in [0.1, 0.15) is 39.2 Å². The van der Waals surface area contributed by atoms with Gasteiger partial charge < -0.3 is 15.6 Å². The SMILES string of the molecule is CC(C)C(C)C(CCO)C1CC2(N=C(N)N(C)O2)c2cc(Br)ccc2O1. The summed E-state index contributed by atoms with van der Waals surface area (Å²) in [5, 5.41) is 11.1. The number of rotatable bonds is 5. The maximum absolute atomic E-state index is 9.62. The first-order chi connectivity index (χ1) is 12.3. The number of ether oxygens (including phenoxy) is 1. The van der Waals surface area contributed by atoms with Crippen LogP contribution >= 0.6 is 15.9 Å². The second-order valence-electron chi connectivity index (χ2n) is 7.62. The Balaban J connectivity index is 2.03. The minimum atomic E-state index is -0.884. The summed E-state index contributed by atoms with van der Waals surface area (Å²) in [4.78, 5) is 10.8. The quantitative estimate of drug-likeness (QED) is 0.756. The van der Waals surface area contributed by atoms with E-state index in [2.05, 4.69) is 41.7 Å². The maximum Gasteiger partial charge on any atom is 0.221 e. The van der Waals surface area contributed by atoms with Crippen molar-refractivity contribution in [2.75, 3.05) is 13.7 Å². The predicted molar refractivity (Wildman–Crippen MR) is 105 cm³/mol. The Morgan fingerprint density at radius 1 is 1.42 bits per heavy atom. The number of aliphatic hydroxyl groups excluding tert-OH is 1. The number of hydrogen-bond acceptors (Lipinski definition) is 6. The summed E-state index contributed by atoms with van der Waals surface area (Å²) in [7, 11) is 1.76. The summed E-state index contributed by atoms with van der Waals surface area (Å²) in [5.74, 6) is 2.18. The fourth-order valence-electron chi connectivity index (χ4n) is 3.91. The van der Waals surface area contributed by atoms with Gasteiger partial charge in [0.25, 0.3) is 0 Å². The lowest BCUT2D eigenvalue weighted by Gasteiger charge is -2.42. The third-order valence-corrected chi connectivity index (χ3v) is 6.18. The Hall–Kier alpha value is -1.31. The van der Waals surface area contributed by atoms with Gasteiger partial charge in [-0.3, -0.25) is 0 Å². The first-order valence-electron chi connectivity index (χ1n) is 9.13. The van der Waals surface area contributed by atoms with Crippen LogP contribution in [0.3, 0.4) is 0 Å². The zero-order valence-electron chi connectivity index (χ0n) is 15.8. The van der Waals surface area contributed by atoms with E-state index in [4.69, 9.17) is 15.3 Å². The number of hydroxylamine groups is 2. The van der Waals surface area contributed by atoms with Crippen LogP contribution in [-0.4, -0.2) is 35.9 Å². The Kier molecular flexibility index (Phi) is 5.51. The Morgan fingerprint density at radius 3 is 2.73 bits per heavy atom. The predicted octanol–water partition coefficient (Wildman–Crippen LogP) is 3.24. The molecule has 4 atom stereocenters. The van der Waals surface area contributed by atoms with Crippen LogP contribution in [0.25, 0.3) is 0 Å². The first-order valence-corrected chi connectivity index (χ1v) is 9.92. The minimum absolute atomic E-state index is 0.115. The van der Waals surface area contributed by atoms with E-state index in [1.54, 1.807) is 7.05 Å². The highest BCUT2D eigenvalue weighted by Gasteiger charge is 2.50. The van der Waals surface area contributed by atoms with Crippen molar-refractivity contribution in [1.82, 2.24) is 5.06 Å². The van der Waals surface area contributed by atoms with Crippen LogP contribution in [0.2, 0.25) is 0 Å². The van der Waals surface area contributed by atoms with Gasteiger partial charge in [0, 0.05) is 30.5 Å². The zero-order chi connectivity index (χ0) is 19.1. The monoisotopic (exact) mass is 425 g/mol. The lowest BCUT2D eigenvalue weighted by molar-refractivity contribution is -0.196. The molecule has 3 N–H and O–H groups in total. The summed E-state index contributed by atoms with van der Waals surface area (Å²) in [6.07, 6.45) is 1.13. The molecule has 0 saturated carbocycles. The lowest BCUT2D eigenvalue weighted by atomic mass is 9.76. The molecule has 26 heavy (non-hydrogen) atoms. The summed E-state index contributed by atoms with van der Waals surface area (Å²) < 4.78 is 7.33. The largest absolute Gasteiger partial charge is 0.489 e. The molecule has 0 amide bonds. The molecular formula is C19H28BrN3O3. The van der Waals surface area contributed by atoms with Gasteiger partial charge >= 0.3 is 0 Å². The van der Waals surface area contributed by atoms with Crippen molar-refractivity contribution in [2.45, 2.75) is 45.4 Å². The van der Waals surface area contributed by atoms with Crippen molar-refractivity contribution in [1.29, 1.82) is 0 Å². The molecule has 6 nitrogen and oxygen atoms in total. The molecule has 4 unspecified atom stereocenters. The fraction of sp³-hybridized carbons (Fsp3) is 0.632. The molecule has 2 heterocycles. The summed E-state index contributed by atoms with van der Waals surface area (Å²) in [5.41, 5.74) is 6.01. The average molecular weight is 426 g/mol. The molecule has 0 aliphatic carbocycles. The Bertz CT molecular complexity index is 697. The van der Waals surface area contributed by atoms with E-state index in [1.807, 2.05) is 18.2 Å². The van der Waals surface area contributed by atoms with Crippen molar-refractivity contribution in [3.63, 3.8) is 0 Å². The van der Waals surface area contributed by atoms with Crippen LogP contribution in [-0.2, 0) is 10.6 Å². The molecule has 1 aromatic rings. The fourth-order valence-corrected chi connectivity index (χ4v) is 4.27. The summed E-state index contributed by atoms with van der Waals surface area (Å²) in [6.45, 7) is 6.76. The molecule has 7 heteroatoms. The van der Waals surface area contributed by atoms with Gasteiger partial charge in [-0.2, -0.15) is 0 Å². The van der Waals surface area contributed by atoms with Gasteiger partial charge in [-0.15, -0.1) is 0 Å². The summed E-state index contributed by atoms with van der Waals surface area (Å²) >= 11 is 3.52. The normalized spacial score (nSPS) is 27.3. The standard InChI is InChI=1S/C19H28BrN3O3/c1-11(2)12(3)14(7-8-24)17-10-19(22-18(21)23(4)26-19)15-9-13(20)5-6-16(15)25-17/h5-6,9,11-12,14,17,24H,7-8,10H2,1-4H3,(H2,21,22). The molecule has 0 saturated heterocycles. The summed E-state index contributed by atoms with van der Waals surface area (Å²) in [6, 6.07) is 5.87. The molecule has 0 bridgehead atoms. The second-order valence-corrected chi connectivity index (χ2v) is 8.54. The van der Waals surface area contributed by atoms with E-state index < -0.39 is 5.72 Å². The minimum Gasteiger partial charge on any atom is -0.489 e. The van der Waals surface area contributed by atoms with E-state index in [-0.39, 0.29) is 18.6 Å². The number of benzene rings is 1. The average Bonchev–Trinajstić information content (AvgIpc) is 2.87. The Morgan fingerprint density at radius 2 is 2.15 bits per heavy atom. The zero-order valence-corrected chi connectivity index (χ0v) is 17.4. The van der Waals surface area contributed by atoms with Crippen LogP contribution in [0, 0.1) is 17.8 Å². The smallest absolute Gasteiger partial charge is 0.221 e. The van der Waals surface area contributed by atoms with Gasteiger partial charge in [0.05, 0.1) is 5.56 Å². The van der Waals surface area contributed by atoms with Crippen molar-refractivity contribution >= 4 is 21.9 Å². The van der Waals surface area contributed by atoms with Gasteiger partial charge in [-0.05, 0) is 36.5 Å². The van der Waals surface area contributed by atoms with Gasteiger partial charge in [0.15, 0.2) is 0 Å². The van der Waals surface area contributed by atoms with Crippen molar-refractivity contribution in [3.05, 3.63) is 28.2 Å². The van der Waals surface area contributed by atoms with E-state index in [1.165, 1.54) is 5.06 Å². The highest BCUT2D eigenvalue weighted by Crippen LogP contribution is 2.49. The van der Waals surface area contributed by atoms with Gasteiger partial charge in [-0.25, -0.2) is 14.9 Å². The van der Waals surface area contributed by atoms with Crippen molar-refractivity contribution in [2.24, 2.45) is 28.5 Å². The van der Waals surface area contributed by atoms with Crippen LogP contribution in [0.4, 0.5) is 0 Å². The molecule has 0 fully saturated rings. The van der Waals surface area contributed by atoms with Crippen LogP contribution in [0.5, 0.6) is 5.75 Å². The molecule has 2 aliphatic rings. The third kappa shape index (κ3) is 3.44. The molecule has 1 spiro atoms. The highest BCUT2D eigenvalue weighted by molar-refractivity contribution is 9.10. The lowest BCUT2D eigenvalue weighted by Crippen LogP contribution is -2.45. The van der Waals surface area contributed by atoms with E-state index in [0.717, 1.165) is 15.8 Å². The number of fused-ring (bicyclic) bond motifs is 2. The Labute approximate surface area is 163 Å². The molecule has 3 rings (SSSR count). The van der Waals surface area contributed by atoms with Gasteiger partial charge in [0.2, 0.25) is 11.7 Å². The maximum atomic E-state index is 9.62. The number of hydrogen-bond donors (Lipinski definition) is 2. The third-order valence-electron chi connectivity index (χ3n) is 5.69. The number of nitrogens with zero attached hydrogens (tertiary/aromatic N) is 2. The molecular weight excluding hydrogens is 398 g/mol. The van der Waals surface area contributed by atoms with Crippen molar-refractivity contribution in [3.8, 4) is 5.75 Å². The molecule has 2 aliphatic heterocycles. The van der Waals surface area contributed by atoms with Crippen molar-refractivity contribution < 1.29 is 14.7 Å². The number of aliphatic imine (C=N–C) groups is 1. The number of aliphatic hydroxyl groups is 1. The van der Waals surface area contributed by atoms with E-state index in [9.17, 15) is 5.11 Å². The topological polar surface area (TPSA) is 80.3 Å². The van der Waals surface area contributed by atoms with E-state index in [0.29, 0.717) is 30.6 Å².